The first-order valence-electron chi connectivity index (χ1n) is 7.84. The van der Waals surface area contributed by atoms with E-state index in [1.54, 1.807) is 30.6 Å². The third-order valence-corrected chi connectivity index (χ3v) is 4.12. The molecule has 122 valence electrons. The average molecular weight is 317 g/mol. The van der Waals surface area contributed by atoms with Crippen molar-refractivity contribution < 1.29 is 14.2 Å². The van der Waals surface area contributed by atoms with Gasteiger partial charge in [0, 0.05) is 24.9 Å². The molecule has 1 aliphatic rings. The Bertz CT molecular complexity index is 645. The van der Waals surface area contributed by atoms with Crippen molar-refractivity contribution in [1.82, 2.24) is 14.9 Å². The fourth-order valence-electron chi connectivity index (χ4n) is 2.90. The molecule has 1 aromatic heterocycles. The number of para-hydroxylation sites is 1. The highest BCUT2D eigenvalue weighted by Crippen LogP contribution is 2.33. The van der Waals surface area contributed by atoms with E-state index >= 15 is 0 Å². The van der Waals surface area contributed by atoms with Gasteiger partial charge in [0.25, 0.3) is 0 Å². The van der Waals surface area contributed by atoms with Crippen LogP contribution in [0.3, 0.4) is 0 Å². The van der Waals surface area contributed by atoms with Crippen LogP contribution in [0.1, 0.15) is 24.5 Å². The van der Waals surface area contributed by atoms with E-state index in [4.69, 9.17) is 9.84 Å². The Morgan fingerprint density at radius 1 is 1.17 bits per heavy atom. The van der Waals surface area contributed by atoms with Crippen molar-refractivity contribution in [3.05, 3.63) is 48.2 Å². The number of likely N-dealkylation sites (tertiary alicyclic amines) is 1. The van der Waals surface area contributed by atoms with E-state index in [0.29, 0.717) is 12.4 Å². The van der Waals surface area contributed by atoms with E-state index in [-0.39, 0.29) is 18.3 Å². The van der Waals surface area contributed by atoms with Gasteiger partial charge in [0.2, 0.25) is 5.88 Å². The maximum absolute atomic E-state index is 13.8. The molecule has 1 fully saturated rings. The molecule has 6 heteroatoms. The van der Waals surface area contributed by atoms with Crippen LogP contribution in [0.2, 0.25) is 0 Å². The second-order valence-electron chi connectivity index (χ2n) is 5.62. The average Bonchev–Trinajstić information content (AvgIpc) is 2.59. The zero-order valence-electron chi connectivity index (χ0n) is 12.9. The van der Waals surface area contributed by atoms with Crippen molar-refractivity contribution in [3.63, 3.8) is 0 Å². The monoisotopic (exact) mass is 317 g/mol. The van der Waals surface area contributed by atoms with Crippen LogP contribution >= 0.6 is 0 Å². The normalized spacial score (nSPS) is 16.4. The SMILES string of the molecule is OCCN1CCC(c2nccnc2Oc2ccccc2F)CC1. The predicted octanol–water partition coefficient (Wildman–Crippen LogP) is 2.58. The highest BCUT2D eigenvalue weighted by atomic mass is 19.1. The van der Waals surface area contributed by atoms with E-state index in [0.717, 1.165) is 31.6 Å². The Labute approximate surface area is 134 Å². The number of β-amino-alcohol motifs (C(OH)–C–C–N with tert-alkyl or cyclic N) is 1. The van der Waals surface area contributed by atoms with E-state index in [2.05, 4.69) is 14.9 Å². The maximum Gasteiger partial charge on any atom is 0.241 e. The van der Waals surface area contributed by atoms with Crippen LogP contribution < -0.4 is 4.74 Å². The Morgan fingerprint density at radius 3 is 2.65 bits per heavy atom. The van der Waals surface area contributed by atoms with Crippen LogP contribution in [0.15, 0.2) is 36.7 Å². The minimum Gasteiger partial charge on any atom is -0.434 e. The summed E-state index contributed by atoms with van der Waals surface area (Å²) in [7, 11) is 0. The second kappa shape index (κ2) is 7.48. The minimum absolute atomic E-state index is 0.159. The van der Waals surface area contributed by atoms with Crippen molar-refractivity contribution in [3.8, 4) is 11.6 Å². The van der Waals surface area contributed by atoms with Gasteiger partial charge in [-0.15, -0.1) is 0 Å². The molecule has 0 radical (unpaired) electrons. The minimum atomic E-state index is -0.415. The van der Waals surface area contributed by atoms with E-state index < -0.39 is 5.82 Å². The number of benzene rings is 1. The summed E-state index contributed by atoms with van der Waals surface area (Å²) in [6, 6.07) is 6.29. The first-order valence-corrected chi connectivity index (χ1v) is 7.84. The summed E-state index contributed by atoms with van der Waals surface area (Å²) in [5, 5.41) is 9.02. The lowest BCUT2D eigenvalue weighted by atomic mass is 9.93. The molecular formula is C17H20FN3O2. The molecular weight excluding hydrogens is 297 g/mol. The van der Waals surface area contributed by atoms with Crippen LogP contribution in [0.5, 0.6) is 11.6 Å². The molecule has 0 saturated carbocycles. The molecule has 0 unspecified atom stereocenters. The molecule has 2 heterocycles. The smallest absolute Gasteiger partial charge is 0.241 e. The topological polar surface area (TPSA) is 58.5 Å². The lowest BCUT2D eigenvalue weighted by Gasteiger charge is -2.31. The van der Waals surface area contributed by atoms with Gasteiger partial charge in [0.1, 0.15) is 5.69 Å². The zero-order chi connectivity index (χ0) is 16.1. The quantitative estimate of drug-likeness (QED) is 0.918. The number of ether oxygens (including phenoxy) is 1. The van der Waals surface area contributed by atoms with E-state index in [9.17, 15) is 4.39 Å². The molecule has 0 bridgehead atoms. The summed E-state index contributed by atoms with van der Waals surface area (Å²) in [6.07, 6.45) is 5.04. The van der Waals surface area contributed by atoms with E-state index in [1.807, 2.05) is 0 Å². The fraction of sp³-hybridized carbons (Fsp3) is 0.412. The Hall–Kier alpha value is -2.05. The van der Waals surface area contributed by atoms with Crippen LogP contribution in [-0.4, -0.2) is 46.2 Å². The van der Waals surface area contributed by atoms with Crippen molar-refractivity contribution in [2.75, 3.05) is 26.2 Å². The fourth-order valence-corrected chi connectivity index (χ4v) is 2.90. The van der Waals surface area contributed by atoms with Crippen molar-refractivity contribution in [1.29, 1.82) is 0 Å². The highest BCUT2D eigenvalue weighted by molar-refractivity contribution is 5.31. The Morgan fingerprint density at radius 2 is 1.91 bits per heavy atom. The van der Waals surface area contributed by atoms with Gasteiger partial charge < -0.3 is 14.7 Å². The lowest BCUT2D eigenvalue weighted by molar-refractivity contribution is 0.163. The molecule has 1 aromatic carbocycles. The molecule has 5 nitrogen and oxygen atoms in total. The predicted molar refractivity (Wildman–Crippen MR) is 84.0 cm³/mol. The highest BCUT2D eigenvalue weighted by Gasteiger charge is 2.25. The van der Waals surface area contributed by atoms with Crippen molar-refractivity contribution in [2.45, 2.75) is 18.8 Å². The summed E-state index contributed by atoms with van der Waals surface area (Å²) < 4.78 is 19.4. The number of aliphatic hydroxyl groups excluding tert-OH is 1. The van der Waals surface area contributed by atoms with Crippen LogP contribution in [0.4, 0.5) is 4.39 Å². The summed E-state index contributed by atoms with van der Waals surface area (Å²) in [5.74, 6) is 0.354. The van der Waals surface area contributed by atoms with Crippen molar-refractivity contribution in [2.24, 2.45) is 0 Å². The number of hydrogen-bond donors (Lipinski definition) is 1. The molecule has 0 spiro atoms. The molecule has 23 heavy (non-hydrogen) atoms. The molecule has 3 rings (SSSR count). The standard InChI is InChI=1S/C17H20FN3O2/c18-14-3-1-2-4-15(14)23-17-16(19-7-8-20-17)13-5-9-21(10-6-13)11-12-22/h1-4,7-8,13,22H,5-6,9-12H2. The lowest BCUT2D eigenvalue weighted by Crippen LogP contribution is -2.35. The molecule has 0 aliphatic carbocycles. The van der Waals surface area contributed by atoms with Crippen LogP contribution in [0.25, 0.3) is 0 Å². The number of halogens is 1. The van der Waals surface area contributed by atoms with Crippen LogP contribution in [0, 0.1) is 5.82 Å². The second-order valence-corrected chi connectivity index (χ2v) is 5.62. The summed E-state index contributed by atoms with van der Waals surface area (Å²) in [5.41, 5.74) is 0.777. The zero-order valence-corrected chi connectivity index (χ0v) is 12.9. The molecule has 0 amide bonds. The summed E-state index contributed by atoms with van der Waals surface area (Å²) in [4.78, 5) is 10.9. The number of rotatable bonds is 5. The number of nitrogens with zero attached hydrogens (tertiary/aromatic N) is 3. The molecule has 1 saturated heterocycles. The van der Waals surface area contributed by atoms with Gasteiger partial charge in [-0.25, -0.2) is 9.37 Å². The van der Waals surface area contributed by atoms with Gasteiger partial charge in [-0.1, -0.05) is 12.1 Å². The Kier molecular flexibility index (Phi) is 5.15. The summed E-state index contributed by atoms with van der Waals surface area (Å²) >= 11 is 0. The van der Waals surface area contributed by atoms with Crippen LogP contribution in [-0.2, 0) is 0 Å². The molecule has 0 atom stereocenters. The summed E-state index contributed by atoms with van der Waals surface area (Å²) in [6.45, 7) is 2.69. The van der Waals surface area contributed by atoms with E-state index in [1.165, 1.54) is 6.07 Å². The Balaban J connectivity index is 1.75. The third kappa shape index (κ3) is 3.83. The maximum atomic E-state index is 13.8. The first-order chi connectivity index (χ1) is 11.3. The van der Waals surface area contributed by atoms with Crippen molar-refractivity contribution >= 4 is 0 Å². The van der Waals surface area contributed by atoms with Gasteiger partial charge >= 0.3 is 0 Å². The van der Waals surface area contributed by atoms with Gasteiger partial charge in [-0.05, 0) is 38.1 Å². The molecule has 1 aliphatic heterocycles. The van der Waals surface area contributed by atoms with Gasteiger partial charge in [0.15, 0.2) is 11.6 Å². The van der Waals surface area contributed by atoms with Gasteiger partial charge in [-0.3, -0.25) is 4.98 Å². The number of aromatic nitrogens is 2. The third-order valence-electron chi connectivity index (χ3n) is 4.12. The number of aliphatic hydroxyl groups is 1. The first kappa shape index (κ1) is 15.8. The van der Waals surface area contributed by atoms with Gasteiger partial charge in [-0.2, -0.15) is 0 Å². The molecule has 2 aromatic rings. The number of hydrogen-bond acceptors (Lipinski definition) is 5. The van der Waals surface area contributed by atoms with Gasteiger partial charge in [0.05, 0.1) is 6.61 Å². The largest absolute Gasteiger partial charge is 0.434 e. The number of piperidine rings is 1. The molecule has 1 N–H and O–H groups in total.